The Morgan fingerprint density at radius 2 is 0.897 bits per heavy atom. The summed E-state index contributed by atoms with van der Waals surface area (Å²) in [7, 11) is 0. The Kier molecular flexibility index (Phi) is 4.51. The topological polar surface area (TPSA) is 19.7 Å². The average Bonchev–Trinajstić information content (AvgIpc) is 3.22. The van der Waals surface area contributed by atoms with Gasteiger partial charge in [0.2, 0.25) is 0 Å². The zero-order valence-corrected chi connectivity index (χ0v) is 16.0. The molecule has 29 heavy (non-hydrogen) atoms. The Bertz CT molecular complexity index is 1110. The van der Waals surface area contributed by atoms with E-state index >= 15 is 0 Å². The van der Waals surface area contributed by atoms with Gasteiger partial charge in [0.15, 0.2) is 11.4 Å². The van der Waals surface area contributed by atoms with E-state index in [2.05, 4.69) is 131 Å². The minimum Gasteiger partial charge on any atom is -0.236 e. The lowest BCUT2D eigenvalue weighted by atomic mass is 10.0. The van der Waals surface area contributed by atoms with Crippen LogP contribution in [0.4, 0.5) is 0 Å². The lowest BCUT2D eigenvalue weighted by Crippen LogP contribution is -2.33. The molecular weight excluding hydrogens is 352 g/mol. The smallest absolute Gasteiger partial charge is 0.236 e. The molecule has 0 radical (unpaired) electrons. The van der Waals surface area contributed by atoms with Gasteiger partial charge in [0.1, 0.15) is 5.69 Å². The molecule has 0 aliphatic heterocycles. The van der Waals surface area contributed by atoms with Gasteiger partial charge in [-0.1, -0.05) is 97.1 Å². The fourth-order valence-corrected chi connectivity index (χ4v) is 3.77. The summed E-state index contributed by atoms with van der Waals surface area (Å²) in [5, 5.41) is 0. The van der Waals surface area contributed by atoms with Crippen LogP contribution in [-0.2, 0) is 0 Å². The van der Waals surface area contributed by atoms with Crippen molar-refractivity contribution >= 4 is 0 Å². The van der Waals surface area contributed by atoms with E-state index in [1.54, 1.807) is 0 Å². The minimum atomic E-state index is 1.06. The fraction of sp³-hybridized carbons (Fsp3) is 0. The Morgan fingerprint density at radius 3 is 1.45 bits per heavy atom. The maximum absolute atomic E-state index is 3.74. The summed E-state index contributed by atoms with van der Waals surface area (Å²) < 4.78 is 2.33. The van der Waals surface area contributed by atoms with Gasteiger partial charge in [0, 0.05) is 11.1 Å². The van der Waals surface area contributed by atoms with Crippen molar-refractivity contribution in [3.8, 4) is 39.6 Å². The average molecular weight is 373 g/mol. The first kappa shape index (κ1) is 17.2. The SMILES string of the molecule is c1ccc(-c2[nH]c(-c3ccccc3)[n+](-c3ccccc3)c2-c2ccccc2)cc1. The fourth-order valence-electron chi connectivity index (χ4n) is 3.77. The highest BCUT2D eigenvalue weighted by atomic mass is 15.1. The van der Waals surface area contributed by atoms with Gasteiger partial charge in [-0.2, -0.15) is 4.57 Å². The molecule has 4 aromatic carbocycles. The zero-order chi connectivity index (χ0) is 19.5. The summed E-state index contributed by atoms with van der Waals surface area (Å²) in [6.45, 7) is 0. The maximum atomic E-state index is 3.74. The largest absolute Gasteiger partial charge is 0.292 e. The Balaban J connectivity index is 1.89. The summed E-state index contributed by atoms with van der Waals surface area (Å²) in [6, 6.07) is 42.2. The first-order valence-corrected chi connectivity index (χ1v) is 9.81. The van der Waals surface area contributed by atoms with Gasteiger partial charge >= 0.3 is 0 Å². The van der Waals surface area contributed by atoms with Gasteiger partial charge in [0.05, 0.1) is 5.56 Å². The van der Waals surface area contributed by atoms with E-state index in [9.17, 15) is 0 Å². The number of benzene rings is 4. The molecule has 0 bridgehead atoms. The standard InChI is InChI=1S/C27H20N2/c1-5-13-21(14-6-1)25-26(22-15-7-2-8-16-22)29(24-19-11-4-12-20-24)27(28-25)23-17-9-3-10-18-23/h1-20H/p+1. The van der Waals surface area contributed by atoms with E-state index in [0.717, 1.165) is 28.5 Å². The first-order chi connectivity index (χ1) is 14.4. The number of aromatic nitrogens is 2. The highest BCUT2D eigenvalue weighted by molar-refractivity contribution is 5.78. The second-order valence-electron chi connectivity index (χ2n) is 6.97. The third-order valence-corrected chi connectivity index (χ3v) is 5.10. The molecule has 0 amide bonds. The predicted octanol–water partition coefficient (Wildman–Crippen LogP) is 6.29. The van der Waals surface area contributed by atoms with E-state index < -0.39 is 0 Å². The van der Waals surface area contributed by atoms with Crippen molar-refractivity contribution < 1.29 is 4.57 Å². The highest BCUT2D eigenvalue weighted by Crippen LogP contribution is 2.32. The molecule has 1 N–H and O–H groups in total. The molecule has 2 nitrogen and oxygen atoms in total. The molecule has 0 saturated carbocycles. The lowest BCUT2D eigenvalue weighted by Gasteiger charge is -2.06. The Labute approximate surface area is 170 Å². The molecule has 0 fully saturated rings. The van der Waals surface area contributed by atoms with Gasteiger partial charge in [-0.15, -0.1) is 0 Å². The number of hydrogen-bond donors (Lipinski definition) is 1. The summed E-state index contributed by atoms with van der Waals surface area (Å²) in [4.78, 5) is 3.74. The summed E-state index contributed by atoms with van der Waals surface area (Å²) >= 11 is 0. The number of imidazole rings is 1. The van der Waals surface area contributed by atoms with Crippen LogP contribution in [0.25, 0.3) is 39.6 Å². The van der Waals surface area contributed by atoms with Crippen LogP contribution in [0, 0.1) is 0 Å². The first-order valence-electron chi connectivity index (χ1n) is 9.81. The molecule has 1 aromatic heterocycles. The highest BCUT2D eigenvalue weighted by Gasteiger charge is 2.29. The van der Waals surface area contributed by atoms with Crippen LogP contribution in [0.5, 0.6) is 0 Å². The zero-order valence-electron chi connectivity index (χ0n) is 16.0. The molecule has 1 heterocycles. The molecule has 0 aliphatic rings. The molecule has 5 rings (SSSR count). The van der Waals surface area contributed by atoms with Gasteiger partial charge < -0.3 is 0 Å². The van der Waals surface area contributed by atoms with Crippen LogP contribution in [0.1, 0.15) is 0 Å². The van der Waals surface area contributed by atoms with Crippen LogP contribution in [0.2, 0.25) is 0 Å². The number of H-pyrrole nitrogens is 1. The number of hydrogen-bond acceptors (Lipinski definition) is 0. The van der Waals surface area contributed by atoms with Crippen molar-refractivity contribution in [2.45, 2.75) is 0 Å². The molecule has 2 heteroatoms. The predicted molar refractivity (Wildman–Crippen MR) is 119 cm³/mol. The molecular formula is C27H21N2+. The number of nitrogens with zero attached hydrogens (tertiary/aromatic N) is 1. The second-order valence-corrected chi connectivity index (χ2v) is 6.97. The van der Waals surface area contributed by atoms with Crippen LogP contribution in [0.15, 0.2) is 121 Å². The van der Waals surface area contributed by atoms with Crippen LogP contribution in [0.3, 0.4) is 0 Å². The normalized spacial score (nSPS) is 10.8. The van der Waals surface area contributed by atoms with Crippen molar-refractivity contribution in [2.75, 3.05) is 0 Å². The molecule has 0 unspecified atom stereocenters. The van der Waals surface area contributed by atoms with Crippen LogP contribution >= 0.6 is 0 Å². The molecule has 0 saturated heterocycles. The van der Waals surface area contributed by atoms with Crippen molar-refractivity contribution in [3.05, 3.63) is 121 Å². The van der Waals surface area contributed by atoms with Crippen molar-refractivity contribution in [1.82, 2.24) is 4.98 Å². The summed E-state index contributed by atoms with van der Waals surface area (Å²) in [5.41, 5.74) is 6.88. The summed E-state index contributed by atoms with van der Waals surface area (Å²) in [5.74, 6) is 1.06. The van der Waals surface area contributed by atoms with Gasteiger partial charge in [0.25, 0.3) is 5.82 Å². The molecule has 0 aliphatic carbocycles. The molecule has 0 atom stereocenters. The van der Waals surface area contributed by atoms with Crippen LogP contribution in [-0.4, -0.2) is 4.98 Å². The second kappa shape index (κ2) is 7.61. The third-order valence-electron chi connectivity index (χ3n) is 5.10. The van der Waals surface area contributed by atoms with E-state index in [1.165, 1.54) is 11.1 Å². The maximum Gasteiger partial charge on any atom is 0.292 e. The lowest BCUT2D eigenvalue weighted by molar-refractivity contribution is -0.570. The molecule has 138 valence electrons. The van der Waals surface area contributed by atoms with Crippen molar-refractivity contribution in [2.24, 2.45) is 0 Å². The minimum absolute atomic E-state index is 1.06. The van der Waals surface area contributed by atoms with Gasteiger partial charge in [-0.05, 0) is 24.3 Å². The van der Waals surface area contributed by atoms with Gasteiger partial charge in [-0.25, -0.2) is 4.98 Å². The van der Waals surface area contributed by atoms with E-state index in [-0.39, 0.29) is 0 Å². The van der Waals surface area contributed by atoms with Gasteiger partial charge in [-0.3, -0.25) is 0 Å². The quantitative estimate of drug-likeness (QED) is 0.357. The number of aromatic amines is 1. The number of nitrogens with one attached hydrogen (secondary N) is 1. The molecule has 5 aromatic rings. The molecule has 0 spiro atoms. The van der Waals surface area contributed by atoms with E-state index in [0.29, 0.717) is 0 Å². The number of rotatable bonds is 4. The van der Waals surface area contributed by atoms with E-state index in [4.69, 9.17) is 0 Å². The van der Waals surface area contributed by atoms with E-state index in [1.807, 2.05) is 0 Å². The summed E-state index contributed by atoms with van der Waals surface area (Å²) in [6.07, 6.45) is 0. The van der Waals surface area contributed by atoms with Crippen molar-refractivity contribution in [1.29, 1.82) is 0 Å². The van der Waals surface area contributed by atoms with Crippen LogP contribution < -0.4 is 4.57 Å². The monoisotopic (exact) mass is 373 g/mol. The Morgan fingerprint density at radius 1 is 0.448 bits per heavy atom. The Hall–Kier alpha value is -3.91. The van der Waals surface area contributed by atoms with Crippen molar-refractivity contribution in [3.63, 3.8) is 0 Å². The third kappa shape index (κ3) is 3.26. The number of para-hydroxylation sites is 1.